The topological polar surface area (TPSA) is 109 Å². The molecule has 1 aromatic heterocycles. The Labute approximate surface area is 370 Å². The molecule has 2 amide bonds. The molecule has 0 saturated carbocycles. The third-order valence-electron chi connectivity index (χ3n) is 13.0. The van der Waals surface area contributed by atoms with Gasteiger partial charge in [-0.25, -0.2) is 0 Å². The summed E-state index contributed by atoms with van der Waals surface area (Å²) >= 11 is 12.2. The van der Waals surface area contributed by atoms with Crippen molar-refractivity contribution in [2.75, 3.05) is 79.5 Å². The van der Waals surface area contributed by atoms with Crippen LogP contribution in [0.15, 0.2) is 54.7 Å². The fraction of sp³-hybridized carbons (Fsp3) is 0.522. The van der Waals surface area contributed by atoms with E-state index in [-0.39, 0.29) is 42.8 Å². The molecule has 4 heterocycles. The predicted octanol–water partition coefficient (Wildman–Crippen LogP) is 7.59. The van der Waals surface area contributed by atoms with Crippen LogP contribution in [0.4, 0.5) is 0 Å². The number of nitrogens with zero attached hydrogens (tertiary/aromatic N) is 3. The molecule has 1 fully saturated rings. The van der Waals surface area contributed by atoms with Gasteiger partial charge in [-0.3, -0.25) is 19.4 Å². The van der Waals surface area contributed by atoms with Crippen LogP contribution in [0.3, 0.4) is 0 Å². The summed E-state index contributed by atoms with van der Waals surface area (Å²) < 4.78 is 23.1. The molecule has 0 aliphatic carbocycles. The second kappa shape index (κ2) is 20.8. The molecule has 326 valence electrons. The number of rotatable bonds is 17. The molecule has 60 heavy (non-hydrogen) atoms. The molecule has 4 aromatic rings. The second-order valence-corrected chi connectivity index (χ2v) is 16.9. The lowest BCUT2D eigenvalue weighted by molar-refractivity contribution is -0.140. The Kier molecular flexibility index (Phi) is 15.8. The van der Waals surface area contributed by atoms with Crippen molar-refractivity contribution in [3.8, 4) is 23.0 Å². The Morgan fingerprint density at radius 3 is 2.13 bits per heavy atom. The molecule has 3 aliphatic rings. The number of halogens is 3. The molecule has 5 atom stereocenters. The minimum absolute atomic E-state index is 0. The van der Waals surface area contributed by atoms with Gasteiger partial charge in [-0.05, 0) is 95.7 Å². The molecular formula is C46H60Cl3N5O6. The number of aromatic nitrogens is 1. The molecule has 2 N–H and O–H groups in total. The molecule has 0 bridgehead atoms. The van der Waals surface area contributed by atoms with E-state index in [9.17, 15) is 4.79 Å². The van der Waals surface area contributed by atoms with Gasteiger partial charge in [-0.2, -0.15) is 0 Å². The van der Waals surface area contributed by atoms with Gasteiger partial charge in [0.15, 0.2) is 23.0 Å². The van der Waals surface area contributed by atoms with E-state index in [4.69, 9.17) is 42.1 Å². The number of nitrogens with one attached hydrogen (secondary N) is 2. The van der Waals surface area contributed by atoms with Crippen molar-refractivity contribution in [1.29, 1.82) is 0 Å². The third-order valence-corrected chi connectivity index (χ3v) is 13.4. The molecule has 7 rings (SSSR count). The monoisotopic (exact) mass is 883 g/mol. The van der Waals surface area contributed by atoms with E-state index in [1.165, 1.54) is 11.1 Å². The summed E-state index contributed by atoms with van der Waals surface area (Å²) in [4.78, 5) is 39.3. The summed E-state index contributed by atoms with van der Waals surface area (Å²) in [5, 5.41) is 4.23. The highest BCUT2D eigenvalue weighted by Gasteiger charge is 2.43. The average Bonchev–Trinajstić information content (AvgIpc) is 3.67. The maximum Gasteiger partial charge on any atom is 0.246 e. The predicted molar refractivity (Wildman–Crippen MR) is 241 cm³/mol. The Hall–Kier alpha value is -3.87. The highest BCUT2D eigenvalue weighted by molar-refractivity contribution is 6.18. The van der Waals surface area contributed by atoms with E-state index >= 15 is 4.79 Å². The smallest absolute Gasteiger partial charge is 0.246 e. The van der Waals surface area contributed by atoms with Crippen molar-refractivity contribution < 1.29 is 28.5 Å². The van der Waals surface area contributed by atoms with Crippen LogP contribution >= 0.6 is 35.6 Å². The summed E-state index contributed by atoms with van der Waals surface area (Å²) in [7, 11) is 6.70. The summed E-state index contributed by atoms with van der Waals surface area (Å²) in [6.45, 7) is 5.91. The van der Waals surface area contributed by atoms with Crippen molar-refractivity contribution >= 4 is 58.3 Å². The molecule has 0 spiro atoms. The number of piperidine rings is 1. The molecule has 3 aromatic carbocycles. The number of fused-ring (bicyclic) bond motifs is 5. The maximum absolute atomic E-state index is 15.4. The number of aromatic amines is 1. The van der Waals surface area contributed by atoms with Crippen molar-refractivity contribution in [1.82, 2.24) is 25.0 Å². The first-order valence-electron chi connectivity index (χ1n) is 21.0. The Morgan fingerprint density at radius 2 is 1.48 bits per heavy atom. The number of hydrogen-bond donors (Lipinski definition) is 2. The number of H-pyrrole nitrogens is 1. The lowest BCUT2D eigenvalue weighted by Crippen LogP contribution is -2.54. The van der Waals surface area contributed by atoms with Crippen LogP contribution in [0.5, 0.6) is 23.0 Å². The maximum atomic E-state index is 15.4. The van der Waals surface area contributed by atoms with Gasteiger partial charge < -0.3 is 34.1 Å². The number of para-hydroxylation sites is 1. The quantitative estimate of drug-likeness (QED) is 0.105. The van der Waals surface area contributed by atoms with Gasteiger partial charge in [0.1, 0.15) is 6.04 Å². The van der Waals surface area contributed by atoms with E-state index in [1.54, 1.807) is 28.4 Å². The lowest BCUT2D eigenvalue weighted by atomic mass is 9.72. The number of alkyl halides is 2. The van der Waals surface area contributed by atoms with E-state index in [2.05, 4.69) is 52.5 Å². The van der Waals surface area contributed by atoms with Crippen LogP contribution in [0.2, 0.25) is 0 Å². The standard InChI is InChI=1S/C46H59Cl2N5O6.ClH/c1-6-29-27-52-15-11-30-22-41(56-2)43(58-4)24-35(30)39(52)20-32(29)21-40-36-25-44(59-5)42(57-3)23-31(36)12-16-53(40)46(55)38(50-45(54)28-51(17-13-47)18-14-48)19-33-26-49-37-10-8-7-9-34(33)37;/h7-10,22-26,29,32,38-40,49H,6,11-21,27-28H2,1-5H3,(H,50,54);1H. The van der Waals surface area contributed by atoms with Gasteiger partial charge >= 0.3 is 0 Å². The van der Waals surface area contributed by atoms with E-state index < -0.39 is 6.04 Å². The highest BCUT2D eigenvalue weighted by Crippen LogP contribution is 2.49. The van der Waals surface area contributed by atoms with Crippen LogP contribution in [0.25, 0.3) is 10.9 Å². The Bertz CT molecular complexity index is 2090. The first-order chi connectivity index (χ1) is 28.7. The lowest BCUT2D eigenvalue weighted by Gasteiger charge is -2.49. The fourth-order valence-corrected chi connectivity index (χ4v) is 10.4. The molecule has 0 radical (unpaired) electrons. The van der Waals surface area contributed by atoms with Gasteiger partial charge in [0.2, 0.25) is 11.8 Å². The second-order valence-electron chi connectivity index (χ2n) is 16.1. The van der Waals surface area contributed by atoms with Crippen molar-refractivity contribution in [2.24, 2.45) is 11.8 Å². The number of carbonyl (C=O) groups is 2. The average molecular weight is 885 g/mol. The van der Waals surface area contributed by atoms with Crippen molar-refractivity contribution in [2.45, 2.75) is 63.6 Å². The van der Waals surface area contributed by atoms with Gasteiger partial charge in [-0.15, -0.1) is 35.6 Å². The minimum Gasteiger partial charge on any atom is -0.493 e. The first-order valence-corrected chi connectivity index (χ1v) is 22.0. The zero-order chi connectivity index (χ0) is 41.6. The molecule has 11 nitrogen and oxygen atoms in total. The number of ether oxygens (including phenoxy) is 4. The Morgan fingerprint density at radius 1 is 0.867 bits per heavy atom. The van der Waals surface area contributed by atoms with E-state index in [0.29, 0.717) is 67.6 Å². The minimum atomic E-state index is -0.809. The molecule has 14 heteroatoms. The number of amides is 2. The fourth-order valence-electron chi connectivity index (χ4n) is 9.96. The first kappa shape index (κ1) is 45.7. The number of carbonyl (C=O) groups excluding carboxylic acids is 2. The number of methoxy groups -OCH3 is 4. The van der Waals surface area contributed by atoms with Gasteiger partial charge in [0.25, 0.3) is 0 Å². The summed E-state index contributed by atoms with van der Waals surface area (Å²) in [6.07, 6.45) is 6.66. The number of benzene rings is 3. The summed E-state index contributed by atoms with van der Waals surface area (Å²) in [5.41, 5.74) is 6.79. The SMILES string of the molecule is CCC1CN2CCc3cc(OC)c(OC)cc3C2CC1CC1c2cc(OC)c(OC)cc2CCN1C(=O)C(Cc1c[nH]c2ccccc12)NC(=O)CN(CCCl)CCCl.Cl. The summed E-state index contributed by atoms with van der Waals surface area (Å²) in [6, 6.07) is 15.7. The van der Waals surface area contributed by atoms with Crippen molar-refractivity contribution in [3.63, 3.8) is 0 Å². The largest absolute Gasteiger partial charge is 0.493 e. The number of hydrogen-bond acceptors (Lipinski definition) is 8. The van der Waals surface area contributed by atoms with Gasteiger partial charge in [-0.1, -0.05) is 31.5 Å². The molecule has 5 unspecified atom stereocenters. The van der Waals surface area contributed by atoms with Crippen LogP contribution in [-0.2, 0) is 28.9 Å². The van der Waals surface area contributed by atoms with Gasteiger partial charge in [0.05, 0.1) is 41.0 Å². The van der Waals surface area contributed by atoms with E-state index in [0.717, 1.165) is 77.9 Å². The van der Waals surface area contributed by atoms with Crippen LogP contribution in [0, 0.1) is 11.8 Å². The third kappa shape index (κ3) is 9.60. The normalized spacial score (nSPS) is 20.4. The molecular weight excluding hydrogens is 825 g/mol. The zero-order valence-corrected chi connectivity index (χ0v) is 37.8. The zero-order valence-electron chi connectivity index (χ0n) is 35.4. The van der Waals surface area contributed by atoms with Crippen LogP contribution < -0.4 is 24.3 Å². The Balaban J connectivity index is 0.00000604. The van der Waals surface area contributed by atoms with Crippen LogP contribution in [0.1, 0.15) is 66.1 Å². The van der Waals surface area contributed by atoms with Gasteiger partial charge in [0, 0.05) is 74.0 Å². The van der Waals surface area contributed by atoms with Crippen molar-refractivity contribution in [3.05, 3.63) is 82.5 Å². The molecule has 3 aliphatic heterocycles. The van der Waals surface area contributed by atoms with E-state index in [1.807, 2.05) is 34.2 Å². The molecule has 1 saturated heterocycles. The highest BCUT2D eigenvalue weighted by atomic mass is 35.5. The summed E-state index contributed by atoms with van der Waals surface area (Å²) in [5.74, 6) is 3.98. The van der Waals surface area contributed by atoms with Crippen LogP contribution in [-0.4, -0.2) is 117 Å².